The molecule has 1 amide bonds. The minimum absolute atomic E-state index is 0.162. The van der Waals surface area contributed by atoms with Crippen LogP contribution in [0.4, 0.5) is 9.18 Å². The number of aliphatic hydroxyl groups is 1. The van der Waals surface area contributed by atoms with E-state index in [9.17, 15) is 29.1 Å². The first-order chi connectivity index (χ1) is 21.0. The molecular formula is C30H36ClFN4O8. The lowest BCUT2D eigenvalue weighted by atomic mass is 9.97. The van der Waals surface area contributed by atoms with Gasteiger partial charge >= 0.3 is 12.1 Å². The van der Waals surface area contributed by atoms with E-state index in [2.05, 4.69) is 15.7 Å². The van der Waals surface area contributed by atoms with Crippen LogP contribution < -0.4 is 5.32 Å². The number of carbonyl (C=O) groups excluding carboxylic acids is 3. The Kier molecular flexibility index (Phi) is 11.5. The Morgan fingerprint density at radius 2 is 1.82 bits per heavy atom. The van der Waals surface area contributed by atoms with Crippen LogP contribution in [0.3, 0.4) is 0 Å². The molecule has 44 heavy (non-hydrogen) atoms. The van der Waals surface area contributed by atoms with Crippen LogP contribution in [-0.4, -0.2) is 70.1 Å². The average Bonchev–Trinajstić information content (AvgIpc) is 3.32. The van der Waals surface area contributed by atoms with Crippen LogP contribution in [0.1, 0.15) is 57.9 Å². The third-order valence-electron chi connectivity index (χ3n) is 7.52. The Balaban J connectivity index is 1.39. The van der Waals surface area contributed by atoms with Crippen molar-refractivity contribution in [3.05, 3.63) is 58.9 Å². The third kappa shape index (κ3) is 9.10. The number of hydrogen-bond donors (Lipinski definition) is 3. The summed E-state index contributed by atoms with van der Waals surface area (Å²) in [7, 11) is 0. The first-order valence-electron chi connectivity index (χ1n) is 14.5. The van der Waals surface area contributed by atoms with Gasteiger partial charge in [0.2, 0.25) is 12.2 Å². The molecule has 2 aromatic carbocycles. The minimum atomic E-state index is -1.70. The zero-order valence-corrected chi connectivity index (χ0v) is 25.2. The van der Waals surface area contributed by atoms with Crippen LogP contribution in [0.25, 0.3) is 11.1 Å². The average molecular weight is 635 g/mol. The first-order valence-corrected chi connectivity index (χ1v) is 14.9. The summed E-state index contributed by atoms with van der Waals surface area (Å²) in [5.74, 6) is -2.08. The van der Waals surface area contributed by atoms with E-state index in [1.54, 1.807) is 31.2 Å². The summed E-state index contributed by atoms with van der Waals surface area (Å²) < 4.78 is 29.7. The van der Waals surface area contributed by atoms with Crippen LogP contribution in [0.5, 0.6) is 0 Å². The molecule has 3 N–H and O–H groups in total. The van der Waals surface area contributed by atoms with E-state index in [4.69, 9.17) is 25.8 Å². The molecule has 238 valence electrons. The number of nitrogens with one attached hydrogen (secondary N) is 1. The van der Waals surface area contributed by atoms with Gasteiger partial charge in [-0.05, 0) is 73.6 Å². The third-order valence-corrected chi connectivity index (χ3v) is 7.75. The number of nitrogens with zero attached hydrogens (tertiary/aromatic N) is 3. The molecule has 14 heteroatoms. The largest absolute Gasteiger partial charge is 0.511 e. The van der Waals surface area contributed by atoms with Crippen molar-refractivity contribution in [1.29, 1.82) is 0 Å². The summed E-state index contributed by atoms with van der Waals surface area (Å²) in [4.78, 5) is 37.8. The molecule has 0 saturated heterocycles. The van der Waals surface area contributed by atoms with Crippen molar-refractivity contribution in [1.82, 2.24) is 10.5 Å². The molecule has 2 aliphatic rings. The molecule has 2 aromatic rings. The van der Waals surface area contributed by atoms with Gasteiger partial charge in [-0.2, -0.15) is 10.3 Å². The van der Waals surface area contributed by atoms with Gasteiger partial charge in [-0.3, -0.25) is 10.0 Å². The summed E-state index contributed by atoms with van der Waals surface area (Å²) >= 11 is 6.03. The molecule has 3 unspecified atom stereocenters. The quantitative estimate of drug-likeness (QED) is 0.225. The Morgan fingerprint density at radius 1 is 1.11 bits per heavy atom. The molecule has 12 nitrogen and oxygen atoms in total. The minimum Gasteiger partial charge on any atom is -0.431 e. The molecule has 0 radical (unpaired) electrons. The number of ether oxygens (including phenoxy) is 3. The fourth-order valence-electron chi connectivity index (χ4n) is 5.10. The van der Waals surface area contributed by atoms with Gasteiger partial charge in [-0.1, -0.05) is 42.3 Å². The van der Waals surface area contributed by atoms with Gasteiger partial charge in [0.15, 0.2) is 12.1 Å². The number of esters is 1. The standard InChI is InChI=1S/C30H36ClFN4O8/c1-17-27(34-35-36(17)41)28(38)33-22(14-19-8-10-20(11-9-19)24-15-21(31)12-13-25(24)32)16-26(37)29(39)42-18(2)43-30(40)44-23-6-4-3-5-7-23/h8-13,15,17-18,22-23,26-27,37,41H,3-7,14,16H2,1-2H3,(H,33,38)/t17?,18?,22-,26-,27?/m1/s1. The second kappa shape index (κ2) is 15.3. The zero-order chi connectivity index (χ0) is 31.8. The molecule has 1 aliphatic heterocycles. The highest BCUT2D eigenvalue weighted by Crippen LogP contribution is 2.27. The van der Waals surface area contributed by atoms with Crippen molar-refractivity contribution in [2.24, 2.45) is 10.3 Å². The zero-order valence-electron chi connectivity index (χ0n) is 24.4. The van der Waals surface area contributed by atoms with Crippen LogP contribution >= 0.6 is 11.6 Å². The van der Waals surface area contributed by atoms with E-state index in [-0.39, 0.29) is 18.9 Å². The molecule has 0 spiro atoms. The van der Waals surface area contributed by atoms with E-state index >= 15 is 0 Å². The predicted molar refractivity (Wildman–Crippen MR) is 155 cm³/mol. The van der Waals surface area contributed by atoms with Crippen molar-refractivity contribution >= 4 is 29.6 Å². The number of hydrogen-bond acceptors (Lipinski definition) is 11. The Bertz CT molecular complexity index is 1340. The van der Waals surface area contributed by atoms with Crippen molar-refractivity contribution in [2.45, 2.75) is 95.4 Å². The normalized spacial score (nSPS) is 20.5. The summed E-state index contributed by atoms with van der Waals surface area (Å²) in [6.07, 6.45) is 0.150. The maximum Gasteiger partial charge on any atom is 0.511 e. The van der Waals surface area contributed by atoms with E-state index in [0.717, 1.165) is 32.1 Å². The topological polar surface area (TPSA) is 159 Å². The lowest BCUT2D eigenvalue weighted by Crippen LogP contribution is -2.48. The van der Waals surface area contributed by atoms with Crippen LogP contribution in [-0.2, 0) is 30.2 Å². The number of aliphatic hydroxyl groups excluding tert-OH is 1. The summed E-state index contributed by atoms with van der Waals surface area (Å²) in [6.45, 7) is 2.88. The number of halogens is 2. The molecule has 0 aromatic heterocycles. The highest BCUT2D eigenvalue weighted by Gasteiger charge is 2.36. The molecule has 5 atom stereocenters. The van der Waals surface area contributed by atoms with Gasteiger partial charge in [0.25, 0.3) is 0 Å². The summed E-state index contributed by atoms with van der Waals surface area (Å²) in [6, 6.07) is 8.51. The van der Waals surface area contributed by atoms with Crippen molar-refractivity contribution in [2.75, 3.05) is 0 Å². The van der Waals surface area contributed by atoms with E-state index < -0.39 is 54.4 Å². The van der Waals surface area contributed by atoms with E-state index in [1.165, 1.54) is 25.1 Å². The smallest absolute Gasteiger partial charge is 0.431 e. The van der Waals surface area contributed by atoms with Gasteiger partial charge in [0.05, 0.1) is 0 Å². The van der Waals surface area contributed by atoms with E-state index in [1.807, 2.05) is 0 Å². The van der Waals surface area contributed by atoms with Gasteiger partial charge in [-0.15, -0.1) is 0 Å². The van der Waals surface area contributed by atoms with Crippen LogP contribution in [0, 0.1) is 5.82 Å². The lowest BCUT2D eigenvalue weighted by Gasteiger charge is -2.25. The first kappa shape index (κ1) is 33.1. The fourth-order valence-corrected chi connectivity index (χ4v) is 5.27. The summed E-state index contributed by atoms with van der Waals surface area (Å²) in [5.41, 5.74) is 1.60. The molecule has 4 rings (SSSR count). The Morgan fingerprint density at radius 3 is 2.48 bits per heavy atom. The Labute approximate surface area is 259 Å². The second-order valence-corrected chi connectivity index (χ2v) is 11.4. The number of amides is 1. The van der Waals surface area contributed by atoms with Gasteiger partial charge in [0, 0.05) is 30.0 Å². The number of rotatable bonds is 11. The van der Waals surface area contributed by atoms with Crippen molar-refractivity contribution in [3.8, 4) is 11.1 Å². The van der Waals surface area contributed by atoms with Crippen LogP contribution in [0.2, 0.25) is 5.02 Å². The monoisotopic (exact) mass is 634 g/mol. The molecular weight excluding hydrogens is 599 g/mol. The molecule has 1 saturated carbocycles. The van der Waals surface area contributed by atoms with Gasteiger partial charge in [0.1, 0.15) is 18.0 Å². The second-order valence-electron chi connectivity index (χ2n) is 10.9. The van der Waals surface area contributed by atoms with E-state index in [0.29, 0.717) is 26.9 Å². The number of carbonyl (C=O) groups is 3. The number of benzene rings is 2. The number of hydroxylamine groups is 1. The van der Waals surface area contributed by atoms with Gasteiger partial charge < -0.3 is 24.6 Å². The molecule has 1 heterocycles. The lowest BCUT2D eigenvalue weighted by molar-refractivity contribution is -0.179. The molecule has 1 fully saturated rings. The van der Waals surface area contributed by atoms with Crippen molar-refractivity contribution < 1.29 is 43.3 Å². The molecule has 1 aliphatic carbocycles. The summed E-state index contributed by atoms with van der Waals surface area (Å²) in [5, 5.41) is 31.4. The highest BCUT2D eigenvalue weighted by atomic mass is 35.5. The maximum atomic E-state index is 14.4. The maximum absolute atomic E-state index is 14.4. The highest BCUT2D eigenvalue weighted by molar-refractivity contribution is 6.30. The predicted octanol–water partition coefficient (Wildman–Crippen LogP) is 5.13. The van der Waals surface area contributed by atoms with Gasteiger partial charge in [-0.25, -0.2) is 14.0 Å². The fraction of sp³-hybridized carbons (Fsp3) is 0.500. The Hall–Kier alpha value is -3.81. The van der Waals surface area contributed by atoms with Crippen molar-refractivity contribution in [3.63, 3.8) is 0 Å². The molecule has 0 bridgehead atoms. The van der Waals surface area contributed by atoms with Crippen LogP contribution in [0.15, 0.2) is 52.8 Å². The SMILES string of the molecule is CC(OC(=O)OC1CCCCC1)OC(=O)[C@H](O)C[C@@H](Cc1ccc(-c2cc(Cl)ccc2F)cc1)NC(=O)C1N=NN(O)C1C.